The summed E-state index contributed by atoms with van der Waals surface area (Å²) in [5.74, 6) is 0.0208. The van der Waals surface area contributed by atoms with E-state index in [0.29, 0.717) is 0 Å². The van der Waals surface area contributed by atoms with Crippen molar-refractivity contribution in [1.29, 1.82) is 5.41 Å². The zero-order chi connectivity index (χ0) is 8.36. The van der Waals surface area contributed by atoms with Crippen LogP contribution in [0.4, 0.5) is 0 Å². The van der Waals surface area contributed by atoms with Gasteiger partial charge in [0.15, 0.2) is 0 Å². The van der Waals surface area contributed by atoms with Gasteiger partial charge in [-0.15, -0.1) is 0 Å². The second kappa shape index (κ2) is 2.73. The Balaban J connectivity index is 4.35. The van der Waals surface area contributed by atoms with Crippen molar-refractivity contribution < 1.29 is 5.11 Å². The maximum absolute atomic E-state index is 9.20. The van der Waals surface area contributed by atoms with E-state index in [2.05, 4.69) is 0 Å². The molecule has 4 N–H and O–H groups in total. The number of hydrogen-bond acceptors (Lipinski definition) is 2. The summed E-state index contributed by atoms with van der Waals surface area (Å²) in [5.41, 5.74) is 4.72. The zero-order valence-corrected chi connectivity index (χ0v) is 6.60. The predicted octanol–water partition coefficient (Wildman–Crippen LogP) is 1.41. The molecule has 0 saturated carbocycles. The van der Waals surface area contributed by atoms with Gasteiger partial charge in [0.2, 0.25) is 0 Å². The first-order valence-corrected chi connectivity index (χ1v) is 3.09. The number of allylic oxidation sites excluding steroid dienone is 1. The summed E-state index contributed by atoms with van der Waals surface area (Å²) in [6, 6.07) is 0. The number of aliphatic hydroxyl groups excluding tert-OH is 1. The van der Waals surface area contributed by atoms with Crippen molar-refractivity contribution in [3.05, 3.63) is 11.8 Å². The Morgan fingerprint density at radius 3 is 2.00 bits per heavy atom. The average Bonchev–Trinajstić information content (AvgIpc) is 1.60. The summed E-state index contributed by atoms with van der Waals surface area (Å²) in [7, 11) is 0. The van der Waals surface area contributed by atoms with E-state index in [4.69, 9.17) is 11.1 Å². The Hall–Kier alpha value is -0.990. The molecular formula is C7H14N2O. The van der Waals surface area contributed by atoms with Crippen LogP contribution in [-0.2, 0) is 0 Å². The van der Waals surface area contributed by atoms with E-state index in [1.807, 2.05) is 20.8 Å². The van der Waals surface area contributed by atoms with Gasteiger partial charge >= 0.3 is 0 Å². The van der Waals surface area contributed by atoms with Crippen LogP contribution in [0, 0.1) is 10.8 Å². The lowest BCUT2D eigenvalue weighted by Crippen LogP contribution is -2.14. The summed E-state index contributed by atoms with van der Waals surface area (Å²) in [5, 5.41) is 16.0. The number of hydrogen-bond donors (Lipinski definition) is 3. The smallest absolute Gasteiger partial charge is 0.118 e. The second-order valence-corrected chi connectivity index (χ2v) is 3.23. The molecule has 10 heavy (non-hydrogen) atoms. The predicted molar refractivity (Wildman–Crippen MR) is 42.1 cm³/mol. The van der Waals surface area contributed by atoms with Crippen molar-refractivity contribution in [2.75, 3.05) is 0 Å². The van der Waals surface area contributed by atoms with E-state index in [1.54, 1.807) is 0 Å². The third-order valence-electron chi connectivity index (χ3n) is 1.06. The minimum Gasteiger partial charge on any atom is -0.512 e. The van der Waals surface area contributed by atoms with Crippen molar-refractivity contribution in [3.63, 3.8) is 0 Å². The molecule has 0 fully saturated rings. The van der Waals surface area contributed by atoms with Gasteiger partial charge in [-0.1, -0.05) is 20.8 Å². The van der Waals surface area contributed by atoms with E-state index in [9.17, 15) is 5.11 Å². The third-order valence-corrected chi connectivity index (χ3v) is 1.06. The van der Waals surface area contributed by atoms with Crippen molar-refractivity contribution >= 4 is 5.84 Å². The Morgan fingerprint density at radius 2 is 1.90 bits per heavy atom. The molecule has 3 heteroatoms. The molecule has 0 bridgehead atoms. The zero-order valence-electron chi connectivity index (χ0n) is 6.60. The molecule has 3 nitrogen and oxygen atoms in total. The van der Waals surface area contributed by atoms with E-state index < -0.39 is 0 Å². The van der Waals surface area contributed by atoms with Crippen molar-refractivity contribution in [1.82, 2.24) is 0 Å². The van der Waals surface area contributed by atoms with Crippen LogP contribution >= 0.6 is 0 Å². The number of nitrogens with one attached hydrogen (secondary N) is 1. The first kappa shape index (κ1) is 9.01. The van der Waals surface area contributed by atoms with Crippen molar-refractivity contribution in [3.8, 4) is 0 Å². The fourth-order valence-electron chi connectivity index (χ4n) is 0.364. The summed E-state index contributed by atoms with van der Waals surface area (Å²) < 4.78 is 0. The Bertz CT molecular complexity index is 165. The highest BCUT2D eigenvalue weighted by molar-refractivity contribution is 5.88. The average molecular weight is 142 g/mol. The van der Waals surface area contributed by atoms with Crippen molar-refractivity contribution in [2.45, 2.75) is 20.8 Å². The first-order valence-electron chi connectivity index (χ1n) is 3.09. The highest BCUT2D eigenvalue weighted by atomic mass is 16.3. The molecule has 0 aliphatic carbocycles. The Morgan fingerprint density at radius 1 is 1.50 bits per heavy atom. The van der Waals surface area contributed by atoms with Gasteiger partial charge < -0.3 is 10.8 Å². The molecule has 0 aliphatic heterocycles. The van der Waals surface area contributed by atoms with Crippen LogP contribution in [0.3, 0.4) is 0 Å². The molecule has 0 radical (unpaired) electrons. The molecular weight excluding hydrogens is 128 g/mol. The summed E-state index contributed by atoms with van der Waals surface area (Å²) in [4.78, 5) is 0. The number of amidine groups is 1. The van der Waals surface area contributed by atoms with Crippen LogP contribution in [0.1, 0.15) is 20.8 Å². The molecule has 0 aromatic carbocycles. The van der Waals surface area contributed by atoms with Gasteiger partial charge in [0.05, 0.1) is 0 Å². The van der Waals surface area contributed by atoms with Crippen LogP contribution in [0.2, 0.25) is 0 Å². The monoisotopic (exact) mass is 142 g/mol. The minimum absolute atomic E-state index is 0.118. The standard InChI is InChI=1S/C7H14N2O/c1-7(2,3)5(10)4-6(8)9/h4,10H,1-3H3,(H3,8,9)/b5-4-. The van der Waals surface area contributed by atoms with Crippen molar-refractivity contribution in [2.24, 2.45) is 11.1 Å². The summed E-state index contributed by atoms with van der Waals surface area (Å²) >= 11 is 0. The van der Waals surface area contributed by atoms with Gasteiger partial charge in [-0.3, -0.25) is 5.41 Å². The van der Waals surface area contributed by atoms with Crippen LogP contribution in [0.15, 0.2) is 11.8 Å². The molecule has 0 aliphatic rings. The number of aliphatic hydroxyl groups is 1. The van der Waals surface area contributed by atoms with Crippen LogP contribution in [0.5, 0.6) is 0 Å². The third kappa shape index (κ3) is 3.12. The van der Waals surface area contributed by atoms with Crippen LogP contribution in [0.25, 0.3) is 0 Å². The molecule has 0 rings (SSSR count). The molecule has 0 spiro atoms. The Labute approximate surface area is 61.1 Å². The molecule has 58 valence electrons. The molecule has 0 aromatic rings. The molecule has 0 saturated heterocycles. The topological polar surface area (TPSA) is 70.1 Å². The van der Waals surface area contributed by atoms with E-state index in [1.165, 1.54) is 6.08 Å². The lowest BCUT2D eigenvalue weighted by Gasteiger charge is -2.16. The maximum atomic E-state index is 9.20. The molecule has 0 heterocycles. The van der Waals surface area contributed by atoms with Gasteiger partial charge in [-0.2, -0.15) is 0 Å². The van der Waals surface area contributed by atoms with Gasteiger partial charge in [-0.25, -0.2) is 0 Å². The molecule has 0 atom stereocenters. The quantitative estimate of drug-likeness (QED) is 0.294. The van der Waals surface area contributed by atoms with Crippen LogP contribution in [-0.4, -0.2) is 10.9 Å². The highest BCUT2D eigenvalue weighted by Crippen LogP contribution is 2.21. The number of rotatable bonds is 1. The summed E-state index contributed by atoms with van der Waals surface area (Å²) in [6.45, 7) is 5.55. The summed E-state index contributed by atoms with van der Waals surface area (Å²) in [6.07, 6.45) is 1.25. The molecule has 0 aromatic heterocycles. The largest absolute Gasteiger partial charge is 0.512 e. The van der Waals surface area contributed by atoms with Gasteiger partial charge in [0.25, 0.3) is 0 Å². The van der Waals surface area contributed by atoms with E-state index in [0.717, 1.165) is 0 Å². The normalized spacial score (nSPS) is 13.3. The fraction of sp³-hybridized carbons (Fsp3) is 0.571. The lowest BCUT2D eigenvalue weighted by atomic mass is 9.93. The molecule has 0 amide bonds. The van der Waals surface area contributed by atoms with Gasteiger partial charge in [-0.05, 0) is 0 Å². The van der Waals surface area contributed by atoms with Gasteiger partial charge in [0.1, 0.15) is 11.6 Å². The van der Waals surface area contributed by atoms with E-state index >= 15 is 0 Å². The number of nitrogens with two attached hydrogens (primary N) is 1. The van der Waals surface area contributed by atoms with Crippen LogP contribution < -0.4 is 5.73 Å². The maximum Gasteiger partial charge on any atom is 0.118 e. The Kier molecular flexibility index (Phi) is 2.46. The van der Waals surface area contributed by atoms with E-state index in [-0.39, 0.29) is 17.0 Å². The molecule has 0 unspecified atom stereocenters. The lowest BCUT2D eigenvalue weighted by molar-refractivity contribution is 0.278. The second-order valence-electron chi connectivity index (χ2n) is 3.23. The van der Waals surface area contributed by atoms with Gasteiger partial charge in [0, 0.05) is 11.5 Å². The highest BCUT2D eigenvalue weighted by Gasteiger charge is 2.15. The minimum atomic E-state index is -0.314. The first-order chi connectivity index (χ1) is 4.34. The fourth-order valence-corrected chi connectivity index (χ4v) is 0.364. The SMILES string of the molecule is CC(C)(C)/C(O)=C/C(=N)N.